The second-order valence-corrected chi connectivity index (χ2v) is 9.28. The lowest BCUT2D eigenvalue weighted by molar-refractivity contribution is 0.00791. The Hall–Kier alpha value is -2.77. The van der Waals surface area contributed by atoms with Gasteiger partial charge < -0.3 is 14.6 Å². The molecule has 3 aromatic rings. The molecule has 3 aliphatic rings. The molecular formula is C25H30N6O. The molecular weight excluding hydrogens is 400 g/mol. The van der Waals surface area contributed by atoms with E-state index in [1.54, 1.807) is 6.33 Å². The smallest absolute Gasteiger partial charge is 0.137 e. The van der Waals surface area contributed by atoms with Crippen LogP contribution < -0.4 is 5.32 Å². The summed E-state index contributed by atoms with van der Waals surface area (Å²) >= 11 is 0. The number of nitrogens with one attached hydrogen (secondary N) is 1. The van der Waals surface area contributed by atoms with Gasteiger partial charge in [-0.15, -0.1) is 0 Å². The first-order valence-corrected chi connectivity index (χ1v) is 11.8. The van der Waals surface area contributed by atoms with Crippen LogP contribution in [-0.4, -0.2) is 62.8 Å². The number of morpholine rings is 1. The zero-order chi connectivity index (χ0) is 21.5. The predicted octanol–water partition coefficient (Wildman–Crippen LogP) is 3.60. The highest BCUT2D eigenvalue weighted by Gasteiger charge is 2.29. The summed E-state index contributed by atoms with van der Waals surface area (Å²) in [5, 5.41) is 3.80. The maximum atomic E-state index is 5.53. The van der Waals surface area contributed by atoms with Crippen LogP contribution in [0.1, 0.15) is 42.6 Å². The molecule has 6 rings (SSSR count). The lowest BCUT2D eigenvalue weighted by Gasteiger charge is -2.39. The number of rotatable bonds is 4. The maximum absolute atomic E-state index is 5.53. The molecule has 166 valence electrons. The Balaban J connectivity index is 1.22. The standard InChI is InChI=1S/C25H30N6O/c1-17-14-31(16-28-17)21-5-2-18-12-23-24(22(18)13-21)25(27-15-26-23)29-19-3-6-20(7-4-19)30-8-10-32-11-9-30/h2,5,13-16,19-20H,3-4,6-12H2,1H3,(H,26,27,29). The summed E-state index contributed by atoms with van der Waals surface area (Å²) in [5.41, 5.74) is 7.01. The van der Waals surface area contributed by atoms with E-state index in [1.807, 2.05) is 13.3 Å². The van der Waals surface area contributed by atoms with E-state index in [9.17, 15) is 0 Å². The zero-order valence-corrected chi connectivity index (χ0v) is 18.6. The molecule has 3 heterocycles. The Kier molecular flexibility index (Phi) is 5.15. The predicted molar refractivity (Wildman–Crippen MR) is 124 cm³/mol. The van der Waals surface area contributed by atoms with Crippen molar-refractivity contribution < 1.29 is 4.74 Å². The third-order valence-corrected chi connectivity index (χ3v) is 7.26. The number of aromatic nitrogens is 4. The largest absolute Gasteiger partial charge is 0.379 e. The first-order chi connectivity index (χ1) is 15.7. The Morgan fingerprint density at radius 2 is 1.88 bits per heavy atom. The number of imidazole rings is 1. The molecule has 7 heteroatoms. The Bertz CT molecular complexity index is 1110. The molecule has 1 aromatic carbocycles. The summed E-state index contributed by atoms with van der Waals surface area (Å²) in [4.78, 5) is 16.3. The molecule has 0 spiro atoms. The van der Waals surface area contributed by atoms with Gasteiger partial charge in [0, 0.05) is 49.0 Å². The molecule has 0 amide bonds. The normalized spacial score (nSPS) is 23.0. The molecule has 1 saturated carbocycles. The highest BCUT2D eigenvalue weighted by atomic mass is 16.5. The van der Waals surface area contributed by atoms with Crippen molar-refractivity contribution >= 4 is 5.82 Å². The van der Waals surface area contributed by atoms with Crippen LogP contribution in [0.3, 0.4) is 0 Å². The molecule has 32 heavy (non-hydrogen) atoms. The maximum Gasteiger partial charge on any atom is 0.137 e. The van der Waals surface area contributed by atoms with E-state index >= 15 is 0 Å². The number of hydrogen-bond acceptors (Lipinski definition) is 6. The minimum absolute atomic E-state index is 0.467. The lowest BCUT2D eigenvalue weighted by Crippen LogP contribution is -2.46. The van der Waals surface area contributed by atoms with Gasteiger partial charge >= 0.3 is 0 Å². The van der Waals surface area contributed by atoms with Gasteiger partial charge in [0.05, 0.1) is 30.9 Å². The van der Waals surface area contributed by atoms with Gasteiger partial charge in [0.25, 0.3) is 0 Å². The van der Waals surface area contributed by atoms with Gasteiger partial charge in [-0.25, -0.2) is 15.0 Å². The van der Waals surface area contributed by atoms with Crippen LogP contribution in [0, 0.1) is 6.92 Å². The van der Waals surface area contributed by atoms with Gasteiger partial charge in [-0.1, -0.05) is 6.07 Å². The highest BCUT2D eigenvalue weighted by molar-refractivity contribution is 5.85. The van der Waals surface area contributed by atoms with Crippen molar-refractivity contribution in [1.29, 1.82) is 0 Å². The van der Waals surface area contributed by atoms with Crippen molar-refractivity contribution in [2.24, 2.45) is 0 Å². The van der Waals surface area contributed by atoms with Gasteiger partial charge in [0.2, 0.25) is 0 Å². The first-order valence-electron chi connectivity index (χ1n) is 11.8. The molecule has 0 bridgehead atoms. The second kappa shape index (κ2) is 8.30. The summed E-state index contributed by atoms with van der Waals surface area (Å²) in [6.07, 6.45) is 11.4. The van der Waals surface area contributed by atoms with Crippen molar-refractivity contribution in [3.8, 4) is 16.8 Å². The molecule has 0 radical (unpaired) electrons. The third kappa shape index (κ3) is 3.69. The molecule has 0 atom stereocenters. The van der Waals surface area contributed by atoms with Crippen LogP contribution in [0.25, 0.3) is 16.8 Å². The average molecular weight is 431 g/mol. The topological polar surface area (TPSA) is 68.1 Å². The van der Waals surface area contributed by atoms with Crippen molar-refractivity contribution in [3.05, 3.63) is 54.0 Å². The Morgan fingerprint density at radius 3 is 2.66 bits per heavy atom. The first kappa shape index (κ1) is 19.9. The van der Waals surface area contributed by atoms with Gasteiger partial charge in [-0.3, -0.25) is 4.90 Å². The molecule has 1 aliphatic heterocycles. The number of ether oxygens (including phenoxy) is 1. The zero-order valence-electron chi connectivity index (χ0n) is 18.6. The Morgan fingerprint density at radius 1 is 1.03 bits per heavy atom. The van der Waals surface area contributed by atoms with Crippen molar-refractivity contribution in [2.45, 2.75) is 51.1 Å². The van der Waals surface area contributed by atoms with Gasteiger partial charge in [-0.2, -0.15) is 0 Å². The van der Waals surface area contributed by atoms with Crippen molar-refractivity contribution in [2.75, 3.05) is 31.6 Å². The molecule has 7 nitrogen and oxygen atoms in total. The Labute approximate surface area is 188 Å². The fourth-order valence-corrected chi connectivity index (χ4v) is 5.52. The van der Waals surface area contributed by atoms with E-state index in [-0.39, 0.29) is 0 Å². The summed E-state index contributed by atoms with van der Waals surface area (Å²) in [6, 6.07) is 7.81. The molecule has 0 unspecified atom stereocenters. The number of anilines is 1. The van der Waals surface area contributed by atoms with Crippen LogP contribution in [0.2, 0.25) is 0 Å². The van der Waals surface area contributed by atoms with Crippen LogP contribution in [-0.2, 0) is 11.2 Å². The third-order valence-electron chi connectivity index (χ3n) is 7.26. The van der Waals surface area contributed by atoms with Crippen LogP contribution >= 0.6 is 0 Å². The summed E-state index contributed by atoms with van der Waals surface area (Å²) in [6.45, 7) is 5.94. The molecule has 1 saturated heterocycles. The molecule has 1 N–H and O–H groups in total. The summed E-state index contributed by atoms with van der Waals surface area (Å²) in [5.74, 6) is 0.988. The van der Waals surface area contributed by atoms with E-state index in [0.717, 1.165) is 55.6 Å². The van der Waals surface area contributed by atoms with Gasteiger partial charge in [0.1, 0.15) is 12.1 Å². The van der Waals surface area contributed by atoms with E-state index in [2.05, 4.69) is 49.1 Å². The van der Waals surface area contributed by atoms with Crippen LogP contribution in [0.4, 0.5) is 5.82 Å². The fourth-order valence-electron chi connectivity index (χ4n) is 5.52. The van der Waals surface area contributed by atoms with Crippen LogP contribution in [0.15, 0.2) is 37.1 Å². The average Bonchev–Trinajstić information content (AvgIpc) is 3.43. The minimum Gasteiger partial charge on any atom is -0.379 e. The van der Waals surface area contributed by atoms with E-state index in [4.69, 9.17) is 9.72 Å². The van der Waals surface area contributed by atoms with E-state index in [0.29, 0.717) is 12.1 Å². The van der Waals surface area contributed by atoms with E-state index < -0.39 is 0 Å². The number of hydrogen-bond donors (Lipinski definition) is 1. The molecule has 2 aromatic heterocycles. The quantitative estimate of drug-likeness (QED) is 0.534. The monoisotopic (exact) mass is 430 g/mol. The lowest BCUT2D eigenvalue weighted by atomic mass is 9.89. The number of benzene rings is 1. The number of nitrogens with zero attached hydrogens (tertiary/aromatic N) is 5. The minimum atomic E-state index is 0.467. The van der Waals surface area contributed by atoms with Gasteiger partial charge in [-0.05, 0) is 55.9 Å². The SMILES string of the molecule is Cc1cn(-c2ccc3c(c2)-c2c(ncnc2NC2CCC(N4CCOCC4)CC2)C3)cn1. The summed E-state index contributed by atoms with van der Waals surface area (Å²) < 4.78 is 7.61. The van der Waals surface area contributed by atoms with Crippen molar-refractivity contribution in [1.82, 2.24) is 24.4 Å². The second-order valence-electron chi connectivity index (χ2n) is 9.28. The molecule has 2 fully saturated rings. The number of fused-ring (bicyclic) bond motifs is 3. The summed E-state index contributed by atoms with van der Waals surface area (Å²) in [7, 11) is 0. The van der Waals surface area contributed by atoms with E-state index in [1.165, 1.54) is 42.4 Å². The fraction of sp³-hybridized carbons (Fsp3) is 0.480. The van der Waals surface area contributed by atoms with Gasteiger partial charge in [0.15, 0.2) is 0 Å². The van der Waals surface area contributed by atoms with Crippen LogP contribution in [0.5, 0.6) is 0 Å². The number of aryl methyl sites for hydroxylation is 1. The highest BCUT2D eigenvalue weighted by Crippen LogP contribution is 2.41. The molecule has 2 aliphatic carbocycles. The van der Waals surface area contributed by atoms with Crippen molar-refractivity contribution in [3.63, 3.8) is 0 Å².